The van der Waals surface area contributed by atoms with Crippen LogP contribution in [0.4, 0.5) is 0 Å². The first-order valence-electron chi connectivity index (χ1n) is 12.3. The second-order valence-corrected chi connectivity index (χ2v) is 9.50. The molecule has 14 heteroatoms. The van der Waals surface area contributed by atoms with E-state index in [0.717, 1.165) is 5.56 Å². The molecule has 2 aromatic rings. The minimum atomic E-state index is -1.45. The molecule has 0 unspecified atom stereocenters. The summed E-state index contributed by atoms with van der Waals surface area (Å²) in [7, 11) is 1.50. The number of carbonyl (C=O) groups excluding carboxylic acids is 2. The average Bonchev–Trinajstić information content (AvgIpc) is 3.42. The number of nitriles is 1. The molecule has 1 aliphatic rings. The van der Waals surface area contributed by atoms with Crippen LogP contribution < -0.4 is 16.0 Å². The van der Waals surface area contributed by atoms with Gasteiger partial charge in [-0.3, -0.25) is 14.9 Å². The van der Waals surface area contributed by atoms with E-state index in [9.17, 15) is 19.5 Å². The standard InChI is InChI=1S/C27H28Cl2N6O6/c1-3-4-5-16-10-21(41-14-16)25(37)35-8-6-18-17(13-35)11-19(28)22(23(18)29)24(36)34-20(26(38)39)12-32-27(33-15-30)31-7-9-40-2/h3-5,10-11,14,20H,1,6-9,12-13H2,2H3,(H,34,36)(H,38,39)(H2,31,32,33)/t20-/m0/s1. The number of nitrogens with one attached hydrogen (secondary N) is 3. The minimum absolute atomic E-state index is 0.00361. The lowest BCUT2D eigenvalue weighted by molar-refractivity contribution is -0.138. The number of aliphatic carboxylic acids is 1. The van der Waals surface area contributed by atoms with Gasteiger partial charge in [0, 0.05) is 32.3 Å². The van der Waals surface area contributed by atoms with Gasteiger partial charge in [-0.15, -0.1) is 0 Å². The highest BCUT2D eigenvalue weighted by molar-refractivity contribution is 6.40. The number of carboxylic acid groups (broad SMARTS) is 1. The van der Waals surface area contributed by atoms with Crippen molar-refractivity contribution in [3.8, 4) is 6.19 Å². The molecule has 41 heavy (non-hydrogen) atoms. The first-order chi connectivity index (χ1) is 19.7. The number of fused-ring (bicyclic) bond motifs is 1. The lowest BCUT2D eigenvalue weighted by atomic mass is 9.96. The molecule has 2 heterocycles. The number of ether oxygens (including phenoxy) is 1. The van der Waals surface area contributed by atoms with E-state index in [1.165, 1.54) is 13.4 Å². The molecule has 0 saturated heterocycles. The van der Waals surface area contributed by atoms with E-state index in [1.54, 1.807) is 41.5 Å². The first kappa shape index (κ1) is 31.2. The van der Waals surface area contributed by atoms with Crippen molar-refractivity contribution in [1.82, 2.24) is 20.9 Å². The summed E-state index contributed by atoms with van der Waals surface area (Å²) in [5.74, 6) is -2.27. The van der Waals surface area contributed by atoms with Crippen molar-refractivity contribution < 1.29 is 28.6 Å². The molecule has 0 saturated carbocycles. The van der Waals surface area contributed by atoms with Gasteiger partial charge in [-0.2, -0.15) is 5.26 Å². The Morgan fingerprint density at radius 2 is 2.15 bits per heavy atom. The molecule has 1 aromatic heterocycles. The van der Waals surface area contributed by atoms with E-state index in [0.29, 0.717) is 37.2 Å². The van der Waals surface area contributed by atoms with Gasteiger partial charge in [0.2, 0.25) is 5.96 Å². The zero-order valence-corrected chi connectivity index (χ0v) is 23.6. The Bertz CT molecular complexity index is 1410. The second-order valence-electron chi connectivity index (χ2n) is 8.71. The summed E-state index contributed by atoms with van der Waals surface area (Å²) in [5.41, 5.74) is 1.92. The van der Waals surface area contributed by atoms with E-state index in [4.69, 9.17) is 37.6 Å². The summed E-state index contributed by atoms with van der Waals surface area (Å²) >= 11 is 13.0. The number of nitrogens with zero attached hydrogens (tertiary/aromatic N) is 3. The Labute approximate surface area is 246 Å². The van der Waals surface area contributed by atoms with Crippen LogP contribution in [0, 0.1) is 11.5 Å². The lowest BCUT2D eigenvalue weighted by Crippen LogP contribution is -2.45. The van der Waals surface area contributed by atoms with Crippen LogP contribution in [-0.2, 0) is 22.5 Å². The van der Waals surface area contributed by atoms with Crippen LogP contribution in [-0.4, -0.2) is 73.1 Å². The zero-order valence-electron chi connectivity index (χ0n) is 22.1. The highest BCUT2D eigenvalue weighted by Gasteiger charge is 2.30. The number of carboxylic acids is 1. The van der Waals surface area contributed by atoms with Gasteiger partial charge in [0.15, 0.2) is 12.0 Å². The third-order valence-electron chi connectivity index (χ3n) is 5.98. The van der Waals surface area contributed by atoms with Crippen LogP contribution in [0.1, 0.15) is 37.6 Å². The van der Waals surface area contributed by atoms with Crippen molar-refractivity contribution in [1.29, 1.82) is 5.26 Å². The third kappa shape index (κ3) is 8.11. The number of allylic oxidation sites excluding steroid dienone is 2. The molecule has 0 fully saturated rings. The Hall–Kier alpha value is -4.31. The second kappa shape index (κ2) is 14.9. The topological polar surface area (TPSA) is 169 Å². The first-order valence-corrected chi connectivity index (χ1v) is 13.1. The van der Waals surface area contributed by atoms with Crippen molar-refractivity contribution in [3.63, 3.8) is 0 Å². The summed E-state index contributed by atoms with van der Waals surface area (Å²) in [6.45, 7) is 4.35. The van der Waals surface area contributed by atoms with E-state index < -0.39 is 17.9 Å². The predicted molar refractivity (Wildman–Crippen MR) is 153 cm³/mol. The predicted octanol–water partition coefficient (Wildman–Crippen LogP) is 2.83. The van der Waals surface area contributed by atoms with Crippen molar-refractivity contribution in [3.05, 3.63) is 75.2 Å². The highest BCUT2D eigenvalue weighted by Crippen LogP contribution is 2.35. The average molecular weight is 603 g/mol. The maximum Gasteiger partial charge on any atom is 0.328 e. The van der Waals surface area contributed by atoms with Crippen LogP contribution in [0.3, 0.4) is 0 Å². The van der Waals surface area contributed by atoms with Crippen molar-refractivity contribution in [2.45, 2.75) is 19.0 Å². The maximum absolute atomic E-state index is 13.1. The number of guanidine groups is 1. The third-order valence-corrected chi connectivity index (χ3v) is 6.70. The molecule has 2 amide bonds. The number of rotatable bonds is 11. The number of furan rings is 1. The van der Waals surface area contributed by atoms with Crippen LogP contribution in [0.25, 0.3) is 6.08 Å². The molecule has 1 aliphatic heterocycles. The molecular weight excluding hydrogens is 575 g/mol. The Morgan fingerprint density at radius 3 is 2.83 bits per heavy atom. The minimum Gasteiger partial charge on any atom is -0.480 e. The molecule has 12 nitrogen and oxygen atoms in total. The van der Waals surface area contributed by atoms with Gasteiger partial charge in [-0.05, 0) is 29.7 Å². The number of aliphatic imine (C=N–C) groups is 1. The van der Waals surface area contributed by atoms with E-state index >= 15 is 0 Å². The summed E-state index contributed by atoms with van der Waals surface area (Å²) in [5, 5.41) is 26.1. The Morgan fingerprint density at radius 1 is 1.37 bits per heavy atom. The SMILES string of the molecule is C=CC=Cc1coc(C(=O)N2CCc3c(cc(Cl)c(C(=O)N[C@@H](CN=C(NC#N)NCCOC)C(=O)O)c3Cl)C2)c1. The monoisotopic (exact) mass is 602 g/mol. The largest absolute Gasteiger partial charge is 0.480 e. The van der Waals surface area contributed by atoms with Gasteiger partial charge >= 0.3 is 5.97 Å². The molecule has 4 N–H and O–H groups in total. The molecule has 1 aromatic carbocycles. The number of halogens is 2. The molecule has 0 spiro atoms. The number of hydrogen-bond acceptors (Lipinski definition) is 7. The van der Waals surface area contributed by atoms with Gasteiger partial charge in [0.05, 0.1) is 35.0 Å². The van der Waals surface area contributed by atoms with Crippen molar-refractivity contribution in [2.75, 3.05) is 33.4 Å². The summed E-state index contributed by atoms with van der Waals surface area (Å²) in [6.07, 6.45) is 8.60. The normalized spacial score (nSPS) is 13.7. The van der Waals surface area contributed by atoms with Gasteiger partial charge in [0.1, 0.15) is 6.04 Å². The zero-order chi connectivity index (χ0) is 29.9. The number of carbonyl (C=O) groups is 3. The van der Waals surface area contributed by atoms with E-state index in [-0.39, 0.29) is 46.3 Å². The summed E-state index contributed by atoms with van der Waals surface area (Å²) in [6, 6.07) is 1.72. The van der Waals surface area contributed by atoms with Crippen LogP contribution >= 0.6 is 23.2 Å². The number of methoxy groups -OCH3 is 1. The molecule has 3 rings (SSSR count). The number of benzene rings is 1. The Balaban J connectivity index is 1.75. The molecule has 1 atom stereocenters. The fourth-order valence-corrected chi connectivity index (χ4v) is 4.75. The van der Waals surface area contributed by atoms with Crippen LogP contribution in [0.2, 0.25) is 10.0 Å². The van der Waals surface area contributed by atoms with Gasteiger partial charge < -0.3 is 29.8 Å². The van der Waals surface area contributed by atoms with Crippen molar-refractivity contribution >= 4 is 53.0 Å². The summed E-state index contributed by atoms with van der Waals surface area (Å²) < 4.78 is 10.3. The Kier molecular flexibility index (Phi) is 11.3. The molecule has 216 valence electrons. The highest BCUT2D eigenvalue weighted by atomic mass is 35.5. The number of amides is 2. The smallest absolute Gasteiger partial charge is 0.328 e. The molecular formula is C27H28Cl2N6O6. The number of hydrogen-bond donors (Lipinski definition) is 4. The fourth-order valence-electron chi connectivity index (χ4n) is 3.98. The molecule has 0 radical (unpaired) electrons. The maximum atomic E-state index is 13.1. The van der Waals surface area contributed by atoms with E-state index in [1.807, 2.05) is 0 Å². The van der Waals surface area contributed by atoms with Gasteiger partial charge in [-0.25, -0.2) is 9.79 Å². The summed E-state index contributed by atoms with van der Waals surface area (Å²) in [4.78, 5) is 43.6. The van der Waals surface area contributed by atoms with Crippen LogP contribution in [0.15, 0.2) is 46.5 Å². The molecule has 0 aliphatic carbocycles. The van der Waals surface area contributed by atoms with E-state index in [2.05, 4.69) is 27.5 Å². The lowest BCUT2D eigenvalue weighted by Gasteiger charge is -2.30. The van der Waals surface area contributed by atoms with Gasteiger partial charge in [0.25, 0.3) is 11.8 Å². The quantitative estimate of drug-likeness (QED) is 0.0754. The fraction of sp³-hybridized carbons (Fsp3) is 0.296. The van der Waals surface area contributed by atoms with Crippen LogP contribution in [0.5, 0.6) is 0 Å². The van der Waals surface area contributed by atoms with Gasteiger partial charge in [-0.1, -0.05) is 48.0 Å². The molecule has 0 bridgehead atoms. The van der Waals surface area contributed by atoms with Crippen molar-refractivity contribution in [2.24, 2.45) is 4.99 Å².